The minimum Gasteiger partial charge on any atom is -0.481 e. The van der Waals surface area contributed by atoms with E-state index < -0.39 is 5.97 Å². The van der Waals surface area contributed by atoms with Crippen LogP contribution in [-0.2, 0) is 4.79 Å². The highest BCUT2D eigenvalue weighted by atomic mass is 16.4. The van der Waals surface area contributed by atoms with Gasteiger partial charge in [0.15, 0.2) is 0 Å². The van der Waals surface area contributed by atoms with Crippen LogP contribution in [0.5, 0.6) is 0 Å². The third kappa shape index (κ3) is 15.4. The number of rotatable bonds is 15. The molecule has 0 fully saturated rings. The van der Waals surface area contributed by atoms with E-state index in [1.54, 1.807) is 6.08 Å². The second kappa shape index (κ2) is 17.1. The average Bonchev–Trinajstić information content (AvgIpc) is 2.54. The number of aliphatic carboxylic acids is 1. The van der Waals surface area contributed by atoms with Gasteiger partial charge in [0.25, 0.3) is 0 Å². The van der Waals surface area contributed by atoms with Gasteiger partial charge in [-0.15, -0.1) is 0 Å². The standard InChI is InChI=1S/C21H36O2/c1-3-5-6-7-8-9-10-11-12-13-14-15-16-17-19-20(18-4-2)21(22)23/h4,8-9,11-12,18,20H,3,5-7,10,13-17,19H2,1-2H3,(H,22,23)/b9-8-,12-11-,18-4+. The maximum Gasteiger partial charge on any atom is 0.310 e. The number of allylic oxidation sites excluding steroid dienone is 5. The Morgan fingerprint density at radius 1 is 0.913 bits per heavy atom. The Labute approximate surface area is 143 Å². The van der Waals surface area contributed by atoms with Gasteiger partial charge in [0.1, 0.15) is 0 Å². The smallest absolute Gasteiger partial charge is 0.310 e. The van der Waals surface area contributed by atoms with Crippen molar-refractivity contribution in [2.75, 3.05) is 0 Å². The summed E-state index contributed by atoms with van der Waals surface area (Å²) >= 11 is 0. The zero-order valence-corrected chi connectivity index (χ0v) is 15.2. The van der Waals surface area contributed by atoms with Gasteiger partial charge in [-0.3, -0.25) is 4.79 Å². The summed E-state index contributed by atoms with van der Waals surface area (Å²) in [6, 6.07) is 0. The molecule has 0 bridgehead atoms. The Hall–Kier alpha value is -1.31. The molecule has 0 aliphatic rings. The molecular formula is C21H36O2. The number of unbranched alkanes of at least 4 members (excludes halogenated alkanes) is 7. The normalized spacial score (nSPS) is 13.5. The van der Waals surface area contributed by atoms with Crippen molar-refractivity contribution in [1.29, 1.82) is 0 Å². The van der Waals surface area contributed by atoms with E-state index in [9.17, 15) is 4.79 Å². The minimum atomic E-state index is -0.700. The van der Waals surface area contributed by atoms with Crippen molar-refractivity contribution in [2.45, 2.75) is 84.5 Å². The molecule has 0 aromatic heterocycles. The maximum absolute atomic E-state index is 11.0. The van der Waals surface area contributed by atoms with Crippen molar-refractivity contribution in [2.24, 2.45) is 5.92 Å². The molecule has 0 rings (SSSR count). The highest BCUT2D eigenvalue weighted by molar-refractivity contribution is 5.71. The maximum atomic E-state index is 11.0. The molecule has 1 atom stereocenters. The molecule has 0 aromatic carbocycles. The molecule has 1 unspecified atom stereocenters. The first-order valence-corrected chi connectivity index (χ1v) is 9.38. The third-order valence-electron chi connectivity index (χ3n) is 3.96. The van der Waals surface area contributed by atoms with Crippen molar-refractivity contribution in [3.05, 3.63) is 36.5 Å². The zero-order valence-electron chi connectivity index (χ0n) is 15.2. The van der Waals surface area contributed by atoms with Crippen LogP contribution >= 0.6 is 0 Å². The number of carboxylic acids is 1. The van der Waals surface area contributed by atoms with E-state index in [2.05, 4.69) is 31.2 Å². The number of hydrogen-bond donors (Lipinski definition) is 1. The SMILES string of the molecule is C/C=C/C(CCCCCC/C=C\C/C=C\CCCCC)C(=O)O. The molecule has 0 saturated carbocycles. The average molecular weight is 321 g/mol. The van der Waals surface area contributed by atoms with Gasteiger partial charge in [-0.05, 0) is 45.4 Å². The van der Waals surface area contributed by atoms with Gasteiger partial charge in [-0.25, -0.2) is 0 Å². The van der Waals surface area contributed by atoms with E-state index in [1.165, 1.54) is 38.5 Å². The van der Waals surface area contributed by atoms with Crippen molar-refractivity contribution < 1.29 is 9.90 Å². The topological polar surface area (TPSA) is 37.3 Å². The fourth-order valence-corrected chi connectivity index (χ4v) is 2.53. The molecule has 0 heterocycles. The summed E-state index contributed by atoms with van der Waals surface area (Å²) in [5, 5.41) is 9.04. The summed E-state index contributed by atoms with van der Waals surface area (Å²) < 4.78 is 0. The fraction of sp³-hybridized carbons (Fsp3) is 0.667. The number of carboxylic acid groups (broad SMARTS) is 1. The second-order valence-corrected chi connectivity index (χ2v) is 6.14. The highest BCUT2D eigenvalue weighted by Crippen LogP contribution is 2.13. The van der Waals surface area contributed by atoms with Crippen molar-refractivity contribution >= 4 is 5.97 Å². The van der Waals surface area contributed by atoms with Crippen LogP contribution in [0.15, 0.2) is 36.5 Å². The van der Waals surface area contributed by atoms with Gasteiger partial charge in [0.05, 0.1) is 5.92 Å². The molecule has 1 N–H and O–H groups in total. The van der Waals surface area contributed by atoms with Crippen LogP contribution in [0.2, 0.25) is 0 Å². The lowest BCUT2D eigenvalue weighted by atomic mass is 10.00. The van der Waals surface area contributed by atoms with E-state index in [4.69, 9.17) is 5.11 Å². The lowest BCUT2D eigenvalue weighted by molar-refractivity contribution is -0.140. The van der Waals surface area contributed by atoms with E-state index in [0.717, 1.165) is 32.1 Å². The summed E-state index contributed by atoms with van der Waals surface area (Å²) in [5.74, 6) is -1.00. The molecule has 0 aliphatic carbocycles. The largest absolute Gasteiger partial charge is 0.481 e. The van der Waals surface area contributed by atoms with Crippen LogP contribution in [-0.4, -0.2) is 11.1 Å². The molecule has 0 amide bonds. The van der Waals surface area contributed by atoms with Gasteiger partial charge < -0.3 is 5.11 Å². The summed E-state index contributed by atoms with van der Waals surface area (Å²) in [6.07, 6.45) is 25.4. The third-order valence-corrected chi connectivity index (χ3v) is 3.96. The second-order valence-electron chi connectivity index (χ2n) is 6.14. The molecule has 2 heteroatoms. The number of carbonyl (C=O) groups is 1. The predicted octanol–water partition coefficient (Wildman–Crippen LogP) is 6.69. The van der Waals surface area contributed by atoms with Gasteiger partial charge in [-0.2, -0.15) is 0 Å². The predicted molar refractivity (Wildman–Crippen MR) is 101 cm³/mol. The zero-order chi connectivity index (χ0) is 17.2. The minimum absolute atomic E-state index is 0.302. The van der Waals surface area contributed by atoms with Crippen molar-refractivity contribution in [3.8, 4) is 0 Å². The molecule has 23 heavy (non-hydrogen) atoms. The van der Waals surface area contributed by atoms with Gasteiger partial charge in [0.2, 0.25) is 0 Å². The van der Waals surface area contributed by atoms with Crippen LogP contribution in [0.3, 0.4) is 0 Å². The Balaban J connectivity index is 3.44. The van der Waals surface area contributed by atoms with E-state index in [0.29, 0.717) is 0 Å². The molecular weight excluding hydrogens is 284 g/mol. The molecule has 0 spiro atoms. The first kappa shape index (κ1) is 21.7. The lowest BCUT2D eigenvalue weighted by Gasteiger charge is -2.06. The first-order chi connectivity index (χ1) is 11.2. The van der Waals surface area contributed by atoms with Crippen LogP contribution < -0.4 is 0 Å². The quantitative estimate of drug-likeness (QED) is 0.270. The summed E-state index contributed by atoms with van der Waals surface area (Å²) in [6.45, 7) is 4.11. The van der Waals surface area contributed by atoms with Crippen LogP contribution in [0.4, 0.5) is 0 Å². The van der Waals surface area contributed by atoms with Gasteiger partial charge in [-0.1, -0.05) is 75.5 Å². The Morgan fingerprint density at radius 3 is 2.09 bits per heavy atom. The molecule has 0 aliphatic heterocycles. The highest BCUT2D eigenvalue weighted by Gasteiger charge is 2.12. The van der Waals surface area contributed by atoms with E-state index >= 15 is 0 Å². The Kier molecular flexibility index (Phi) is 16.1. The molecule has 2 nitrogen and oxygen atoms in total. The van der Waals surface area contributed by atoms with Crippen molar-refractivity contribution in [1.82, 2.24) is 0 Å². The molecule has 0 saturated heterocycles. The fourth-order valence-electron chi connectivity index (χ4n) is 2.53. The van der Waals surface area contributed by atoms with Crippen molar-refractivity contribution in [3.63, 3.8) is 0 Å². The van der Waals surface area contributed by atoms with Gasteiger partial charge in [0, 0.05) is 0 Å². The molecule has 0 aromatic rings. The van der Waals surface area contributed by atoms with Crippen LogP contribution in [0, 0.1) is 5.92 Å². The summed E-state index contributed by atoms with van der Waals surface area (Å²) in [7, 11) is 0. The Morgan fingerprint density at radius 2 is 1.52 bits per heavy atom. The van der Waals surface area contributed by atoms with E-state index in [-0.39, 0.29) is 5.92 Å². The van der Waals surface area contributed by atoms with E-state index in [1.807, 2.05) is 13.0 Å². The lowest BCUT2D eigenvalue weighted by Crippen LogP contribution is -2.10. The summed E-state index contributed by atoms with van der Waals surface area (Å²) in [5.41, 5.74) is 0. The Bertz CT molecular complexity index is 353. The van der Waals surface area contributed by atoms with Crippen LogP contribution in [0.25, 0.3) is 0 Å². The molecule has 132 valence electrons. The van der Waals surface area contributed by atoms with Crippen LogP contribution in [0.1, 0.15) is 84.5 Å². The molecule has 0 radical (unpaired) electrons. The van der Waals surface area contributed by atoms with Gasteiger partial charge >= 0.3 is 5.97 Å². The number of hydrogen-bond acceptors (Lipinski definition) is 1. The first-order valence-electron chi connectivity index (χ1n) is 9.38. The monoisotopic (exact) mass is 320 g/mol. The summed E-state index contributed by atoms with van der Waals surface area (Å²) in [4.78, 5) is 11.0.